The SMILES string of the molecule is CCNC(=NCC(C)(C)N1CCOCC1)NCCC(CC)N1CCCC1=O. The second kappa shape index (κ2) is 10.9. The smallest absolute Gasteiger partial charge is 0.222 e. The summed E-state index contributed by atoms with van der Waals surface area (Å²) in [6.07, 6.45) is 3.68. The number of carbonyl (C=O) groups is 1. The fourth-order valence-electron chi connectivity index (χ4n) is 3.88. The van der Waals surface area contributed by atoms with Gasteiger partial charge in [0.2, 0.25) is 5.91 Å². The summed E-state index contributed by atoms with van der Waals surface area (Å²) in [6.45, 7) is 15.6. The van der Waals surface area contributed by atoms with Crippen LogP contribution in [0.2, 0.25) is 0 Å². The van der Waals surface area contributed by atoms with Gasteiger partial charge in [0, 0.05) is 50.7 Å². The van der Waals surface area contributed by atoms with E-state index >= 15 is 0 Å². The number of ether oxygens (including phenoxy) is 1. The number of hydrogen-bond acceptors (Lipinski definition) is 4. The van der Waals surface area contributed by atoms with Gasteiger partial charge < -0.3 is 20.3 Å². The quantitative estimate of drug-likeness (QED) is 0.467. The maximum Gasteiger partial charge on any atom is 0.222 e. The maximum atomic E-state index is 12.0. The minimum absolute atomic E-state index is 0.0139. The maximum absolute atomic E-state index is 12.0. The largest absolute Gasteiger partial charge is 0.379 e. The van der Waals surface area contributed by atoms with Crippen LogP contribution < -0.4 is 10.6 Å². The molecule has 2 aliphatic rings. The number of rotatable bonds is 9. The second-order valence-electron chi connectivity index (χ2n) is 8.08. The molecule has 2 heterocycles. The topological polar surface area (TPSA) is 69.2 Å². The first-order valence-electron chi connectivity index (χ1n) is 10.6. The molecule has 2 aliphatic heterocycles. The number of morpholine rings is 1. The first-order valence-corrected chi connectivity index (χ1v) is 10.6. The van der Waals surface area contributed by atoms with Gasteiger partial charge in [-0.05, 0) is 40.0 Å². The average molecular weight is 382 g/mol. The molecular weight excluding hydrogens is 342 g/mol. The summed E-state index contributed by atoms with van der Waals surface area (Å²) in [5.74, 6) is 1.18. The Morgan fingerprint density at radius 1 is 1.22 bits per heavy atom. The van der Waals surface area contributed by atoms with E-state index in [1.54, 1.807) is 0 Å². The van der Waals surface area contributed by atoms with Gasteiger partial charge in [0.05, 0.1) is 19.8 Å². The van der Waals surface area contributed by atoms with Crippen LogP contribution in [0, 0.1) is 0 Å². The Balaban J connectivity index is 1.84. The molecule has 7 heteroatoms. The Morgan fingerprint density at radius 3 is 2.56 bits per heavy atom. The van der Waals surface area contributed by atoms with Crippen LogP contribution >= 0.6 is 0 Å². The van der Waals surface area contributed by atoms with Crippen LogP contribution in [0.25, 0.3) is 0 Å². The Kier molecular flexibility index (Phi) is 8.83. The summed E-state index contributed by atoms with van der Waals surface area (Å²) in [5.41, 5.74) is 0.0139. The lowest BCUT2D eigenvalue weighted by Crippen LogP contribution is -2.52. The highest BCUT2D eigenvalue weighted by atomic mass is 16.5. The summed E-state index contributed by atoms with van der Waals surface area (Å²) in [5, 5.41) is 6.80. The van der Waals surface area contributed by atoms with Gasteiger partial charge in [-0.1, -0.05) is 6.92 Å². The molecule has 0 aromatic rings. The molecule has 0 aromatic heterocycles. The third-order valence-corrected chi connectivity index (χ3v) is 5.63. The molecule has 2 saturated heterocycles. The molecule has 0 saturated carbocycles. The monoisotopic (exact) mass is 381 g/mol. The standard InChI is InChI=1S/C20H39N5O2/c1-5-17(25-11-7-8-18(25)26)9-10-22-19(21-6-2)23-16-20(3,4)24-12-14-27-15-13-24/h17H,5-16H2,1-4H3,(H2,21,22,23). The van der Waals surface area contributed by atoms with Crippen molar-refractivity contribution in [1.29, 1.82) is 0 Å². The minimum atomic E-state index is 0.0139. The lowest BCUT2D eigenvalue weighted by atomic mass is 10.0. The Morgan fingerprint density at radius 2 is 1.96 bits per heavy atom. The first kappa shape index (κ1) is 22.0. The van der Waals surface area contributed by atoms with E-state index in [1.165, 1.54) is 0 Å². The van der Waals surface area contributed by atoms with Gasteiger partial charge in [-0.3, -0.25) is 14.7 Å². The van der Waals surface area contributed by atoms with Crippen LogP contribution in [0.5, 0.6) is 0 Å². The molecular formula is C20H39N5O2. The van der Waals surface area contributed by atoms with Gasteiger partial charge in [0.1, 0.15) is 0 Å². The Bertz CT molecular complexity index is 489. The third kappa shape index (κ3) is 6.64. The van der Waals surface area contributed by atoms with Gasteiger partial charge >= 0.3 is 0 Å². The van der Waals surface area contributed by atoms with Crippen molar-refractivity contribution in [3.05, 3.63) is 0 Å². The number of hydrogen-bond donors (Lipinski definition) is 2. The summed E-state index contributed by atoms with van der Waals surface area (Å²) in [6, 6.07) is 0.333. The first-order chi connectivity index (χ1) is 13.0. The van der Waals surface area contributed by atoms with E-state index in [9.17, 15) is 4.79 Å². The van der Waals surface area contributed by atoms with Crippen molar-refractivity contribution >= 4 is 11.9 Å². The molecule has 1 atom stereocenters. The number of carbonyl (C=O) groups excluding carboxylic acids is 1. The Labute approximate surface area is 164 Å². The molecule has 0 radical (unpaired) electrons. The number of amides is 1. The third-order valence-electron chi connectivity index (χ3n) is 5.63. The summed E-state index contributed by atoms with van der Waals surface area (Å²) in [7, 11) is 0. The van der Waals surface area contributed by atoms with E-state index in [0.29, 0.717) is 18.4 Å². The van der Waals surface area contributed by atoms with Crippen molar-refractivity contribution in [3.8, 4) is 0 Å². The molecule has 0 spiro atoms. The molecule has 2 rings (SSSR count). The molecule has 156 valence electrons. The molecule has 0 aromatic carbocycles. The molecule has 2 fully saturated rings. The van der Waals surface area contributed by atoms with E-state index in [0.717, 1.165) is 77.7 Å². The van der Waals surface area contributed by atoms with Gasteiger partial charge in [0.25, 0.3) is 0 Å². The zero-order valence-corrected chi connectivity index (χ0v) is 17.7. The summed E-state index contributed by atoms with van der Waals surface area (Å²) in [4.78, 5) is 21.3. The van der Waals surface area contributed by atoms with Crippen LogP contribution in [-0.4, -0.2) is 85.7 Å². The predicted octanol–water partition coefficient (Wildman–Crippen LogP) is 1.44. The van der Waals surface area contributed by atoms with Crippen molar-refractivity contribution in [2.45, 2.75) is 65.0 Å². The van der Waals surface area contributed by atoms with Crippen molar-refractivity contribution in [3.63, 3.8) is 0 Å². The van der Waals surface area contributed by atoms with Gasteiger partial charge in [-0.2, -0.15) is 0 Å². The van der Waals surface area contributed by atoms with Gasteiger partial charge in [-0.25, -0.2) is 0 Å². The number of guanidine groups is 1. The van der Waals surface area contributed by atoms with Crippen molar-refractivity contribution in [1.82, 2.24) is 20.4 Å². The lowest BCUT2D eigenvalue weighted by Gasteiger charge is -2.40. The highest BCUT2D eigenvalue weighted by Crippen LogP contribution is 2.18. The fourth-order valence-corrected chi connectivity index (χ4v) is 3.88. The van der Waals surface area contributed by atoms with E-state index in [-0.39, 0.29) is 5.54 Å². The van der Waals surface area contributed by atoms with E-state index < -0.39 is 0 Å². The molecule has 1 amide bonds. The zero-order chi connectivity index (χ0) is 19.7. The van der Waals surface area contributed by atoms with E-state index in [4.69, 9.17) is 9.73 Å². The molecule has 0 aliphatic carbocycles. The predicted molar refractivity (Wildman–Crippen MR) is 110 cm³/mol. The second-order valence-corrected chi connectivity index (χ2v) is 8.08. The highest BCUT2D eigenvalue weighted by Gasteiger charge is 2.28. The molecule has 2 N–H and O–H groups in total. The van der Waals surface area contributed by atoms with Crippen LogP contribution in [0.4, 0.5) is 0 Å². The normalized spacial score (nSPS) is 20.8. The highest BCUT2D eigenvalue weighted by molar-refractivity contribution is 5.80. The molecule has 27 heavy (non-hydrogen) atoms. The minimum Gasteiger partial charge on any atom is -0.379 e. The van der Waals surface area contributed by atoms with Crippen molar-refractivity contribution in [2.75, 3.05) is 52.5 Å². The summed E-state index contributed by atoms with van der Waals surface area (Å²) < 4.78 is 5.46. The molecule has 1 unspecified atom stereocenters. The number of likely N-dealkylation sites (tertiary alicyclic amines) is 1. The van der Waals surface area contributed by atoms with E-state index in [1.807, 2.05) is 0 Å². The van der Waals surface area contributed by atoms with E-state index in [2.05, 4.69) is 48.1 Å². The number of aliphatic imine (C=N–C) groups is 1. The van der Waals surface area contributed by atoms with Crippen molar-refractivity contribution in [2.24, 2.45) is 4.99 Å². The Hall–Kier alpha value is -1.34. The summed E-state index contributed by atoms with van der Waals surface area (Å²) >= 11 is 0. The van der Waals surface area contributed by atoms with Gasteiger partial charge in [0.15, 0.2) is 5.96 Å². The number of nitrogens with zero attached hydrogens (tertiary/aromatic N) is 3. The van der Waals surface area contributed by atoms with Crippen molar-refractivity contribution < 1.29 is 9.53 Å². The van der Waals surface area contributed by atoms with Crippen LogP contribution in [0.15, 0.2) is 4.99 Å². The molecule has 0 bridgehead atoms. The van der Waals surface area contributed by atoms with Gasteiger partial charge in [-0.15, -0.1) is 0 Å². The average Bonchev–Trinajstić information content (AvgIpc) is 3.10. The molecule has 7 nitrogen and oxygen atoms in total. The van der Waals surface area contributed by atoms with Crippen LogP contribution in [0.3, 0.4) is 0 Å². The van der Waals surface area contributed by atoms with Crippen LogP contribution in [0.1, 0.15) is 53.4 Å². The number of nitrogens with one attached hydrogen (secondary N) is 2. The van der Waals surface area contributed by atoms with Crippen LogP contribution in [-0.2, 0) is 9.53 Å². The lowest BCUT2D eigenvalue weighted by molar-refractivity contribution is -0.129. The fraction of sp³-hybridized carbons (Fsp3) is 0.900. The zero-order valence-electron chi connectivity index (χ0n) is 17.7.